The summed E-state index contributed by atoms with van der Waals surface area (Å²) < 4.78 is 5.49. The highest BCUT2D eigenvalue weighted by Crippen LogP contribution is 2.40. The molecule has 1 aromatic rings. The maximum absolute atomic E-state index is 5.49. The first-order chi connectivity index (χ1) is 6.31. The van der Waals surface area contributed by atoms with Gasteiger partial charge in [0.1, 0.15) is 11.1 Å². The summed E-state index contributed by atoms with van der Waals surface area (Å²) in [5.74, 6) is 0.763. The van der Waals surface area contributed by atoms with E-state index in [1.54, 1.807) is 11.3 Å². The van der Waals surface area contributed by atoms with Crippen molar-refractivity contribution in [2.75, 3.05) is 6.61 Å². The summed E-state index contributed by atoms with van der Waals surface area (Å²) >= 11 is 1.73. The molecule has 0 aliphatic heterocycles. The Labute approximate surface area is 83.0 Å². The third-order valence-corrected chi connectivity index (χ3v) is 3.32. The van der Waals surface area contributed by atoms with Crippen LogP contribution in [0.4, 0.5) is 0 Å². The number of hydrogen-bond acceptors (Lipinski definition) is 3. The third kappa shape index (κ3) is 2.09. The highest BCUT2D eigenvalue weighted by molar-refractivity contribution is 7.09. The van der Waals surface area contributed by atoms with Gasteiger partial charge in [0.05, 0.1) is 5.69 Å². The van der Waals surface area contributed by atoms with Crippen molar-refractivity contribution in [2.24, 2.45) is 0 Å². The Balaban J connectivity index is 2.03. The number of nitrogens with zero attached hydrogens (tertiary/aromatic N) is 1. The molecule has 1 aliphatic rings. The molecule has 0 spiro atoms. The Morgan fingerprint density at radius 3 is 3.08 bits per heavy atom. The number of hydrogen-bond donors (Lipinski definition) is 0. The van der Waals surface area contributed by atoms with Crippen molar-refractivity contribution in [1.29, 1.82) is 0 Å². The van der Waals surface area contributed by atoms with Crippen LogP contribution in [0.3, 0.4) is 0 Å². The van der Waals surface area contributed by atoms with Crippen molar-refractivity contribution in [2.45, 2.75) is 38.7 Å². The smallest absolute Gasteiger partial charge is 0.121 e. The predicted molar refractivity (Wildman–Crippen MR) is 54.1 cm³/mol. The highest BCUT2D eigenvalue weighted by atomic mass is 32.1. The van der Waals surface area contributed by atoms with Crippen molar-refractivity contribution < 1.29 is 4.74 Å². The molecule has 1 aromatic heterocycles. The topological polar surface area (TPSA) is 22.1 Å². The lowest BCUT2D eigenvalue weighted by Crippen LogP contribution is -1.98. The fourth-order valence-corrected chi connectivity index (χ4v) is 2.28. The SMILES string of the molecule is CCOC(C)c1nc(C2CC2)cs1. The van der Waals surface area contributed by atoms with Gasteiger partial charge in [-0.25, -0.2) is 4.98 Å². The second-order valence-electron chi connectivity index (χ2n) is 3.48. The fraction of sp³-hybridized carbons (Fsp3) is 0.700. The molecule has 1 unspecified atom stereocenters. The lowest BCUT2D eigenvalue weighted by atomic mass is 10.3. The molecule has 0 saturated heterocycles. The van der Waals surface area contributed by atoms with Crippen LogP contribution < -0.4 is 0 Å². The van der Waals surface area contributed by atoms with Crippen molar-refractivity contribution >= 4 is 11.3 Å². The van der Waals surface area contributed by atoms with E-state index < -0.39 is 0 Å². The summed E-state index contributed by atoms with van der Waals surface area (Å²) in [6, 6.07) is 0. The Bertz CT molecular complexity index is 280. The van der Waals surface area contributed by atoms with Gasteiger partial charge in [-0.2, -0.15) is 0 Å². The predicted octanol–water partition coefficient (Wildman–Crippen LogP) is 3.12. The average Bonchev–Trinajstić information content (AvgIpc) is 2.84. The number of aromatic nitrogens is 1. The van der Waals surface area contributed by atoms with Crippen molar-refractivity contribution in [3.63, 3.8) is 0 Å². The van der Waals surface area contributed by atoms with E-state index in [-0.39, 0.29) is 6.10 Å². The fourth-order valence-electron chi connectivity index (χ4n) is 1.38. The first-order valence-electron chi connectivity index (χ1n) is 4.88. The number of thiazole rings is 1. The van der Waals surface area contributed by atoms with Crippen LogP contribution in [-0.2, 0) is 4.74 Å². The zero-order valence-electron chi connectivity index (χ0n) is 8.12. The molecular weight excluding hydrogens is 182 g/mol. The molecule has 1 aliphatic carbocycles. The van der Waals surface area contributed by atoms with Gasteiger partial charge < -0.3 is 4.74 Å². The maximum atomic E-state index is 5.49. The number of rotatable bonds is 4. The van der Waals surface area contributed by atoms with Gasteiger partial charge in [0.2, 0.25) is 0 Å². The summed E-state index contributed by atoms with van der Waals surface area (Å²) in [6.45, 7) is 4.85. The summed E-state index contributed by atoms with van der Waals surface area (Å²) in [5.41, 5.74) is 1.28. The van der Waals surface area contributed by atoms with Crippen molar-refractivity contribution in [3.05, 3.63) is 16.1 Å². The van der Waals surface area contributed by atoms with Gasteiger partial charge in [0.25, 0.3) is 0 Å². The monoisotopic (exact) mass is 197 g/mol. The first kappa shape index (κ1) is 9.16. The van der Waals surface area contributed by atoms with Crippen molar-refractivity contribution in [1.82, 2.24) is 4.98 Å². The molecule has 13 heavy (non-hydrogen) atoms. The first-order valence-corrected chi connectivity index (χ1v) is 5.76. The van der Waals surface area contributed by atoms with Crippen LogP contribution in [0.15, 0.2) is 5.38 Å². The molecule has 1 saturated carbocycles. The minimum absolute atomic E-state index is 0.169. The Hall–Kier alpha value is -0.410. The summed E-state index contributed by atoms with van der Waals surface area (Å²) in [6.07, 6.45) is 2.82. The second kappa shape index (κ2) is 3.76. The molecule has 1 fully saturated rings. The van der Waals surface area contributed by atoms with E-state index >= 15 is 0 Å². The normalized spacial score (nSPS) is 18.9. The molecule has 0 aromatic carbocycles. The van der Waals surface area contributed by atoms with E-state index in [4.69, 9.17) is 4.74 Å². The molecule has 0 N–H and O–H groups in total. The van der Waals surface area contributed by atoms with Crippen LogP contribution in [-0.4, -0.2) is 11.6 Å². The number of ether oxygens (including phenoxy) is 1. The zero-order valence-corrected chi connectivity index (χ0v) is 8.93. The van der Waals surface area contributed by atoms with Crippen molar-refractivity contribution in [3.8, 4) is 0 Å². The molecule has 1 heterocycles. The molecule has 2 rings (SSSR count). The van der Waals surface area contributed by atoms with Gasteiger partial charge in [-0.3, -0.25) is 0 Å². The van der Waals surface area contributed by atoms with E-state index in [9.17, 15) is 0 Å². The molecule has 1 atom stereocenters. The molecule has 3 heteroatoms. The molecule has 0 amide bonds. The van der Waals surface area contributed by atoms with Gasteiger partial charge in [-0.05, 0) is 26.7 Å². The molecule has 0 bridgehead atoms. The quantitative estimate of drug-likeness (QED) is 0.740. The minimum Gasteiger partial charge on any atom is -0.372 e. The third-order valence-electron chi connectivity index (χ3n) is 2.30. The molecular formula is C10H15NOS. The lowest BCUT2D eigenvalue weighted by Gasteiger charge is -2.06. The van der Waals surface area contributed by atoms with Crippen LogP contribution in [0.5, 0.6) is 0 Å². The Kier molecular flexibility index (Phi) is 2.65. The Morgan fingerprint density at radius 1 is 1.69 bits per heavy atom. The lowest BCUT2D eigenvalue weighted by molar-refractivity contribution is 0.0761. The summed E-state index contributed by atoms with van der Waals surface area (Å²) in [4.78, 5) is 4.58. The largest absolute Gasteiger partial charge is 0.372 e. The Morgan fingerprint density at radius 2 is 2.46 bits per heavy atom. The van der Waals surface area contributed by atoms with E-state index in [2.05, 4.69) is 17.3 Å². The molecule has 2 nitrogen and oxygen atoms in total. The van der Waals surface area contributed by atoms with Gasteiger partial charge in [-0.15, -0.1) is 11.3 Å². The molecule has 0 radical (unpaired) electrons. The van der Waals surface area contributed by atoms with E-state index in [1.807, 2.05) is 6.92 Å². The minimum atomic E-state index is 0.169. The standard InChI is InChI=1S/C10H15NOS/c1-3-12-7(2)10-11-9(6-13-10)8-4-5-8/h6-8H,3-5H2,1-2H3. The zero-order chi connectivity index (χ0) is 9.26. The van der Waals surface area contributed by atoms with Gasteiger partial charge in [-0.1, -0.05) is 0 Å². The van der Waals surface area contributed by atoms with E-state index in [0.29, 0.717) is 0 Å². The maximum Gasteiger partial charge on any atom is 0.121 e. The summed E-state index contributed by atoms with van der Waals surface area (Å²) in [5, 5.41) is 3.31. The van der Waals surface area contributed by atoms with E-state index in [0.717, 1.165) is 17.5 Å². The van der Waals surface area contributed by atoms with Crippen LogP contribution >= 0.6 is 11.3 Å². The van der Waals surface area contributed by atoms with Crippen LogP contribution in [0.25, 0.3) is 0 Å². The summed E-state index contributed by atoms with van der Waals surface area (Å²) in [7, 11) is 0. The van der Waals surface area contributed by atoms with Crippen LogP contribution in [0.1, 0.15) is 49.4 Å². The average molecular weight is 197 g/mol. The van der Waals surface area contributed by atoms with Gasteiger partial charge in [0.15, 0.2) is 0 Å². The van der Waals surface area contributed by atoms with E-state index in [1.165, 1.54) is 18.5 Å². The highest BCUT2D eigenvalue weighted by Gasteiger charge is 2.26. The van der Waals surface area contributed by atoms with Gasteiger partial charge >= 0.3 is 0 Å². The molecule has 72 valence electrons. The van der Waals surface area contributed by atoms with Crippen LogP contribution in [0, 0.1) is 0 Å². The van der Waals surface area contributed by atoms with Gasteiger partial charge in [0, 0.05) is 17.9 Å². The van der Waals surface area contributed by atoms with Crippen LogP contribution in [0.2, 0.25) is 0 Å². The second-order valence-corrected chi connectivity index (χ2v) is 4.37.